The third-order valence-corrected chi connectivity index (χ3v) is 4.26. The molecule has 1 saturated carbocycles. The highest BCUT2D eigenvalue weighted by molar-refractivity contribution is 4.98. The molecule has 0 amide bonds. The third-order valence-electron chi connectivity index (χ3n) is 4.26. The quantitative estimate of drug-likeness (QED) is 0.798. The van der Waals surface area contributed by atoms with Crippen LogP contribution in [-0.2, 0) is 0 Å². The summed E-state index contributed by atoms with van der Waals surface area (Å²) >= 11 is 0. The van der Waals surface area contributed by atoms with Gasteiger partial charge in [0.05, 0.1) is 12.1 Å². The zero-order valence-corrected chi connectivity index (χ0v) is 11.8. The van der Waals surface area contributed by atoms with E-state index in [0.29, 0.717) is 0 Å². The first kappa shape index (κ1) is 14.5. The maximum atomic E-state index is 9.00. The fourth-order valence-electron chi connectivity index (χ4n) is 2.95. The lowest BCUT2D eigenvalue weighted by Crippen LogP contribution is -2.55. The van der Waals surface area contributed by atoms with Crippen molar-refractivity contribution in [3.8, 4) is 6.07 Å². The summed E-state index contributed by atoms with van der Waals surface area (Å²) in [4.78, 5) is 2.36. The Morgan fingerprint density at radius 2 is 2.24 bits per heavy atom. The second kappa shape index (κ2) is 6.37. The van der Waals surface area contributed by atoms with Gasteiger partial charge in [0.1, 0.15) is 0 Å². The van der Waals surface area contributed by atoms with Crippen molar-refractivity contribution in [1.29, 1.82) is 5.26 Å². The van der Waals surface area contributed by atoms with Gasteiger partial charge in [-0.15, -0.1) is 0 Å². The summed E-state index contributed by atoms with van der Waals surface area (Å²) < 4.78 is 0. The molecular formula is C14H27N3. The maximum Gasteiger partial charge on any atom is 0.0950 e. The maximum absolute atomic E-state index is 9.00. The van der Waals surface area contributed by atoms with Gasteiger partial charge in [-0.3, -0.25) is 0 Å². The van der Waals surface area contributed by atoms with E-state index in [1.165, 1.54) is 25.7 Å². The van der Waals surface area contributed by atoms with Gasteiger partial charge in [-0.1, -0.05) is 26.7 Å². The molecule has 0 radical (unpaired) electrons. The SMILES string of the molecule is CCC(C#N)NCC1(N(C)C)CCCC(C)C1. The molecule has 0 saturated heterocycles. The molecule has 3 heteroatoms. The van der Waals surface area contributed by atoms with Crippen molar-refractivity contribution in [3.63, 3.8) is 0 Å². The summed E-state index contributed by atoms with van der Waals surface area (Å²) in [6.07, 6.45) is 6.04. The third kappa shape index (κ3) is 3.69. The second-order valence-corrected chi connectivity index (χ2v) is 5.79. The molecule has 98 valence electrons. The van der Waals surface area contributed by atoms with Crippen LogP contribution in [0.25, 0.3) is 0 Å². The lowest BCUT2D eigenvalue weighted by Gasteiger charge is -2.45. The van der Waals surface area contributed by atoms with E-state index in [0.717, 1.165) is 18.9 Å². The summed E-state index contributed by atoms with van der Waals surface area (Å²) in [5.74, 6) is 0.801. The minimum absolute atomic E-state index is 0.00376. The van der Waals surface area contributed by atoms with Crippen LogP contribution in [0.5, 0.6) is 0 Å². The smallest absolute Gasteiger partial charge is 0.0950 e. The molecule has 0 heterocycles. The van der Waals surface area contributed by atoms with Gasteiger partial charge in [-0.25, -0.2) is 0 Å². The average Bonchev–Trinajstić information content (AvgIpc) is 2.30. The van der Waals surface area contributed by atoms with Crippen LogP contribution >= 0.6 is 0 Å². The predicted octanol–water partition coefficient (Wildman–Crippen LogP) is 2.39. The number of nitriles is 1. The van der Waals surface area contributed by atoms with Crippen LogP contribution in [0.4, 0.5) is 0 Å². The molecule has 3 unspecified atom stereocenters. The monoisotopic (exact) mass is 237 g/mol. The molecule has 0 spiro atoms. The molecule has 0 aromatic heterocycles. The van der Waals surface area contributed by atoms with E-state index in [-0.39, 0.29) is 11.6 Å². The Morgan fingerprint density at radius 1 is 1.53 bits per heavy atom. The molecule has 0 aromatic carbocycles. The van der Waals surface area contributed by atoms with Gasteiger partial charge >= 0.3 is 0 Å². The van der Waals surface area contributed by atoms with Gasteiger partial charge in [-0.05, 0) is 39.3 Å². The second-order valence-electron chi connectivity index (χ2n) is 5.79. The Hall–Kier alpha value is -0.590. The molecule has 1 fully saturated rings. The zero-order valence-electron chi connectivity index (χ0n) is 11.8. The van der Waals surface area contributed by atoms with Crippen molar-refractivity contribution in [2.75, 3.05) is 20.6 Å². The van der Waals surface area contributed by atoms with Crippen molar-refractivity contribution < 1.29 is 0 Å². The molecular weight excluding hydrogens is 210 g/mol. The van der Waals surface area contributed by atoms with Crippen LogP contribution in [-0.4, -0.2) is 37.1 Å². The summed E-state index contributed by atoms with van der Waals surface area (Å²) in [6, 6.07) is 2.33. The van der Waals surface area contributed by atoms with E-state index in [4.69, 9.17) is 5.26 Å². The molecule has 1 aliphatic rings. The van der Waals surface area contributed by atoms with E-state index < -0.39 is 0 Å². The Morgan fingerprint density at radius 3 is 2.71 bits per heavy atom. The van der Waals surface area contributed by atoms with Crippen LogP contribution in [0.2, 0.25) is 0 Å². The Balaban J connectivity index is 2.62. The minimum Gasteiger partial charge on any atom is -0.302 e. The summed E-state index contributed by atoms with van der Waals surface area (Å²) in [5, 5.41) is 12.4. The highest BCUT2D eigenvalue weighted by atomic mass is 15.2. The molecule has 0 aromatic rings. The molecule has 0 bridgehead atoms. The summed E-state index contributed by atoms with van der Waals surface area (Å²) in [6.45, 7) is 5.35. The molecule has 1 N–H and O–H groups in total. The van der Waals surface area contributed by atoms with Gasteiger partial charge in [0.25, 0.3) is 0 Å². The number of rotatable bonds is 5. The van der Waals surface area contributed by atoms with Crippen LogP contribution in [0, 0.1) is 17.2 Å². The lowest BCUT2D eigenvalue weighted by molar-refractivity contribution is 0.0737. The summed E-state index contributed by atoms with van der Waals surface area (Å²) in [7, 11) is 4.35. The molecule has 17 heavy (non-hydrogen) atoms. The van der Waals surface area contributed by atoms with Crippen molar-refractivity contribution in [1.82, 2.24) is 10.2 Å². The first-order chi connectivity index (χ1) is 8.04. The molecule has 1 rings (SSSR count). The molecule has 1 aliphatic carbocycles. The van der Waals surface area contributed by atoms with Crippen molar-refractivity contribution in [3.05, 3.63) is 0 Å². The molecule has 0 aliphatic heterocycles. The van der Waals surface area contributed by atoms with Gasteiger partial charge in [0.2, 0.25) is 0 Å². The van der Waals surface area contributed by atoms with Crippen LogP contribution in [0.1, 0.15) is 46.0 Å². The first-order valence-corrected chi connectivity index (χ1v) is 6.84. The Bertz CT molecular complexity index is 269. The summed E-state index contributed by atoms with van der Waals surface area (Å²) in [5.41, 5.74) is 0.252. The lowest BCUT2D eigenvalue weighted by atomic mass is 9.75. The highest BCUT2D eigenvalue weighted by Gasteiger charge is 2.36. The number of nitrogens with zero attached hydrogens (tertiary/aromatic N) is 2. The van der Waals surface area contributed by atoms with Gasteiger partial charge in [-0.2, -0.15) is 5.26 Å². The molecule has 3 atom stereocenters. The van der Waals surface area contributed by atoms with E-state index >= 15 is 0 Å². The Labute approximate surface area is 106 Å². The number of hydrogen-bond donors (Lipinski definition) is 1. The van der Waals surface area contributed by atoms with Gasteiger partial charge in [0, 0.05) is 12.1 Å². The predicted molar refractivity (Wildman–Crippen MR) is 71.7 cm³/mol. The fraction of sp³-hybridized carbons (Fsp3) is 0.929. The molecule has 3 nitrogen and oxygen atoms in total. The zero-order chi connectivity index (χ0) is 12.9. The van der Waals surface area contributed by atoms with Gasteiger partial charge < -0.3 is 10.2 Å². The number of nitrogens with one attached hydrogen (secondary N) is 1. The van der Waals surface area contributed by atoms with Crippen LogP contribution in [0.3, 0.4) is 0 Å². The van der Waals surface area contributed by atoms with E-state index in [9.17, 15) is 0 Å². The fourth-order valence-corrected chi connectivity index (χ4v) is 2.95. The minimum atomic E-state index is 0.00376. The van der Waals surface area contributed by atoms with E-state index in [2.05, 4.69) is 44.2 Å². The van der Waals surface area contributed by atoms with Crippen LogP contribution < -0.4 is 5.32 Å². The number of likely N-dealkylation sites (N-methyl/N-ethyl adjacent to an activating group) is 1. The van der Waals surface area contributed by atoms with Gasteiger partial charge in [0.15, 0.2) is 0 Å². The average molecular weight is 237 g/mol. The van der Waals surface area contributed by atoms with Crippen molar-refractivity contribution >= 4 is 0 Å². The van der Waals surface area contributed by atoms with E-state index in [1.807, 2.05) is 0 Å². The number of hydrogen-bond acceptors (Lipinski definition) is 3. The van der Waals surface area contributed by atoms with Crippen molar-refractivity contribution in [2.24, 2.45) is 5.92 Å². The highest BCUT2D eigenvalue weighted by Crippen LogP contribution is 2.35. The van der Waals surface area contributed by atoms with Crippen molar-refractivity contribution in [2.45, 2.75) is 57.5 Å². The van der Waals surface area contributed by atoms with Crippen LogP contribution in [0.15, 0.2) is 0 Å². The normalized spacial score (nSPS) is 31.2. The largest absolute Gasteiger partial charge is 0.302 e. The Kier molecular flexibility index (Phi) is 5.42. The first-order valence-electron chi connectivity index (χ1n) is 6.84. The topological polar surface area (TPSA) is 39.1 Å². The standard InChI is InChI=1S/C14H27N3/c1-5-13(10-15)16-11-14(17(3)4)8-6-7-12(2)9-14/h12-13,16H,5-9,11H2,1-4H3. The van der Waals surface area contributed by atoms with E-state index in [1.54, 1.807) is 0 Å².